The summed E-state index contributed by atoms with van der Waals surface area (Å²) in [6, 6.07) is 1.57. The Hall–Kier alpha value is -1.40. The van der Waals surface area contributed by atoms with Crippen LogP contribution < -0.4 is 0 Å². The maximum Gasteiger partial charge on any atom is 0.271 e. The van der Waals surface area contributed by atoms with E-state index >= 15 is 0 Å². The van der Waals surface area contributed by atoms with Crippen molar-refractivity contribution in [3.8, 4) is 16.5 Å². The van der Waals surface area contributed by atoms with E-state index in [9.17, 15) is 5.11 Å². The van der Waals surface area contributed by atoms with Crippen molar-refractivity contribution in [1.29, 1.82) is 0 Å². The molecule has 0 aromatic carbocycles. The Morgan fingerprint density at radius 3 is 3.00 bits per heavy atom. The van der Waals surface area contributed by atoms with Crippen LogP contribution in [0.4, 0.5) is 0 Å². The van der Waals surface area contributed by atoms with Gasteiger partial charge in [-0.05, 0) is 11.4 Å². The van der Waals surface area contributed by atoms with Crippen LogP contribution in [0, 0.1) is 0 Å². The molecule has 0 saturated carbocycles. The highest BCUT2D eigenvalue weighted by Crippen LogP contribution is 2.32. The molecule has 0 atom stereocenters. The number of rotatable bonds is 3. The number of hydrogen-bond donors (Lipinski definition) is 2. The first-order chi connectivity index (χ1) is 6.81. The quantitative estimate of drug-likeness (QED) is 0.794. The molecule has 2 aromatic rings. The van der Waals surface area contributed by atoms with Crippen LogP contribution in [-0.2, 0) is 6.42 Å². The second-order valence-corrected chi connectivity index (χ2v) is 3.54. The molecule has 0 aliphatic heterocycles. The molecule has 2 aromatic heterocycles. The topological polar surface area (TPSA) is 79.4 Å². The highest BCUT2D eigenvalue weighted by molar-refractivity contribution is 7.13. The van der Waals surface area contributed by atoms with Gasteiger partial charge in [0.2, 0.25) is 0 Å². The summed E-state index contributed by atoms with van der Waals surface area (Å²) in [5.74, 6) is 0.866. The number of aromatic nitrogens is 2. The summed E-state index contributed by atoms with van der Waals surface area (Å²) >= 11 is 1.33. The van der Waals surface area contributed by atoms with Gasteiger partial charge in [-0.2, -0.15) is 4.98 Å². The summed E-state index contributed by atoms with van der Waals surface area (Å²) in [6.45, 7) is -0.0185. The number of hydrogen-bond acceptors (Lipinski definition) is 6. The van der Waals surface area contributed by atoms with Gasteiger partial charge in [0.1, 0.15) is 10.6 Å². The van der Waals surface area contributed by atoms with Gasteiger partial charge < -0.3 is 14.7 Å². The van der Waals surface area contributed by atoms with E-state index in [2.05, 4.69) is 10.1 Å². The zero-order valence-corrected chi connectivity index (χ0v) is 7.99. The predicted molar refractivity (Wildman–Crippen MR) is 50.1 cm³/mol. The zero-order valence-electron chi connectivity index (χ0n) is 7.17. The lowest BCUT2D eigenvalue weighted by atomic mass is 10.4. The summed E-state index contributed by atoms with van der Waals surface area (Å²) in [5.41, 5.74) is 0. The molecule has 14 heavy (non-hydrogen) atoms. The zero-order chi connectivity index (χ0) is 9.97. The molecular weight excluding hydrogens is 204 g/mol. The second-order valence-electron chi connectivity index (χ2n) is 2.62. The largest absolute Gasteiger partial charge is 0.506 e. The minimum absolute atomic E-state index is 0.0185. The molecule has 2 N–H and O–H groups in total. The number of thiophene rings is 1. The van der Waals surface area contributed by atoms with Crippen LogP contribution >= 0.6 is 11.3 Å². The van der Waals surface area contributed by atoms with Gasteiger partial charge in [-0.1, -0.05) is 5.16 Å². The van der Waals surface area contributed by atoms with Crippen LogP contribution in [0.3, 0.4) is 0 Å². The summed E-state index contributed by atoms with van der Waals surface area (Å²) in [7, 11) is 0. The Bertz CT molecular complexity index is 424. The van der Waals surface area contributed by atoms with Crippen molar-refractivity contribution in [2.45, 2.75) is 6.42 Å². The first-order valence-electron chi connectivity index (χ1n) is 4.01. The van der Waals surface area contributed by atoms with E-state index in [4.69, 9.17) is 9.63 Å². The summed E-state index contributed by atoms with van der Waals surface area (Å²) in [5, 5.41) is 23.4. The third-order valence-electron chi connectivity index (χ3n) is 1.64. The molecule has 0 aliphatic rings. The standard InChI is InChI=1S/C8H8N2O3S/c11-3-1-6-9-8(13-10-6)7-5(12)2-4-14-7/h2,4,11-12H,1,3H2. The molecule has 0 amide bonds. The van der Waals surface area contributed by atoms with Gasteiger partial charge in [-0.25, -0.2) is 0 Å². The highest BCUT2D eigenvalue weighted by Gasteiger charge is 2.13. The smallest absolute Gasteiger partial charge is 0.271 e. The van der Waals surface area contributed by atoms with E-state index in [1.54, 1.807) is 11.4 Å². The predicted octanol–water partition coefficient (Wildman–Crippen LogP) is 1.04. The van der Waals surface area contributed by atoms with Gasteiger partial charge in [0.05, 0.1) is 6.61 Å². The van der Waals surface area contributed by atoms with Crippen LogP contribution in [-0.4, -0.2) is 27.0 Å². The Labute approximate surface area is 83.6 Å². The third kappa shape index (κ3) is 1.61. The summed E-state index contributed by atoms with van der Waals surface area (Å²) in [6.07, 6.45) is 0.357. The van der Waals surface area contributed by atoms with Crippen molar-refractivity contribution in [3.63, 3.8) is 0 Å². The Morgan fingerprint density at radius 1 is 1.50 bits per heavy atom. The minimum Gasteiger partial charge on any atom is -0.506 e. The fourth-order valence-corrected chi connectivity index (χ4v) is 1.72. The fraction of sp³-hybridized carbons (Fsp3) is 0.250. The van der Waals surface area contributed by atoms with E-state index < -0.39 is 0 Å². The molecule has 0 fully saturated rings. The van der Waals surface area contributed by atoms with Gasteiger partial charge in [-0.15, -0.1) is 11.3 Å². The van der Waals surface area contributed by atoms with Crippen molar-refractivity contribution in [2.24, 2.45) is 0 Å². The Balaban J connectivity index is 2.29. The van der Waals surface area contributed by atoms with E-state index in [0.717, 1.165) is 0 Å². The first kappa shape index (κ1) is 9.17. The van der Waals surface area contributed by atoms with E-state index in [-0.39, 0.29) is 12.4 Å². The van der Waals surface area contributed by atoms with Crippen molar-refractivity contribution in [3.05, 3.63) is 17.3 Å². The molecule has 0 bridgehead atoms. The Morgan fingerprint density at radius 2 is 2.36 bits per heavy atom. The van der Waals surface area contributed by atoms with E-state index in [0.29, 0.717) is 23.0 Å². The summed E-state index contributed by atoms with van der Waals surface area (Å²) < 4.78 is 4.92. The maximum atomic E-state index is 9.38. The number of nitrogens with zero attached hydrogens (tertiary/aromatic N) is 2. The van der Waals surface area contributed by atoms with Crippen molar-refractivity contribution < 1.29 is 14.7 Å². The molecule has 0 saturated heterocycles. The van der Waals surface area contributed by atoms with E-state index in [1.807, 2.05) is 0 Å². The molecule has 0 aliphatic carbocycles. The summed E-state index contributed by atoms with van der Waals surface area (Å²) in [4.78, 5) is 4.57. The average Bonchev–Trinajstić information content (AvgIpc) is 2.74. The van der Waals surface area contributed by atoms with Gasteiger partial charge in [0.25, 0.3) is 5.89 Å². The number of aliphatic hydroxyl groups is 1. The van der Waals surface area contributed by atoms with Gasteiger partial charge in [0, 0.05) is 6.42 Å². The SMILES string of the molecule is OCCc1noc(-c2sccc2O)n1. The molecule has 0 unspecified atom stereocenters. The van der Waals surface area contributed by atoms with E-state index in [1.165, 1.54) is 11.3 Å². The van der Waals surface area contributed by atoms with Crippen LogP contribution in [0.1, 0.15) is 5.82 Å². The van der Waals surface area contributed by atoms with Crippen LogP contribution in [0.2, 0.25) is 0 Å². The lowest BCUT2D eigenvalue weighted by Crippen LogP contribution is -1.92. The Kier molecular flexibility index (Phi) is 2.47. The molecule has 5 nitrogen and oxygen atoms in total. The average molecular weight is 212 g/mol. The van der Waals surface area contributed by atoms with Crippen LogP contribution in [0.5, 0.6) is 5.75 Å². The molecule has 0 spiro atoms. The normalized spacial score (nSPS) is 10.6. The van der Waals surface area contributed by atoms with Crippen LogP contribution in [0.15, 0.2) is 16.0 Å². The van der Waals surface area contributed by atoms with Crippen molar-refractivity contribution >= 4 is 11.3 Å². The second kappa shape index (κ2) is 3.77. The van der Waals surface area contributed by atoms with Crippen molar-refractivity contribution in [1.82, 2.24) is 10.1 Å². The molecular formula is C8H8N2O3S. The fourth-order valence-electron chi connectivity index (χ4n) is 1.01. The molecule has 74 valence electrons. The van der Waals surface area contributed by atoms with Gasteiger partial charge in [-0.3, -0.25) is 0 Å². The maximum absolute atomic E-state index is 9.38. The molecule has 2 rings (SSSR count). The van der Waals surface area contributed by atoms with Gasteiger partial charge in [0.15, 0.2) is 5.82 Å². The molecule has 6 heteroatoms. The molecule has 2 heterocycles. The molecule has 0 radical (unpaired) electrons. The first-order valence-corrected chi connectivity index (χ1v) is 4.89. The van der Waals surface area contributed by atoms with Gasteiger partial charge >= 0.3 is 0 Å². The lowest BCUT2D eigenvalue weighted by molar-refractivity contribution is 0.293. The monoisotopic (exact) mass is 212 g/mol. The number of aromatic hydroxyl groups is 1. The number of aliphatic hydroxyl groups excluding tert-OH is 1. The van der Waals surface area contributed by atoms with Crippen molar-refractivity contribution in [2.75, 3.05) is 6.61 Å². The lowest BCUT2D eigenvalue weighted by Gasteiger charge is -1.87. The highest BCUT2D eigenvalue weighted by atomic mass is 32.1. The van der Waals surface area contributed by atoms with Crippen LogP contribution in [0.25, 0.3) is 10.8 Å². The minimum atomic E-state index is -0.0185. The third-order valence-corrected chi connectivity index (χ3v) is 2.53.